The summed E-state index contributed by atoms with van der Waals surface area (Å²) < 4.78 is 3.37. The molecule has 0 spiro atoms. The third-order valence-corrected chi connectivity index (χ3v) is 5.20. The molecular formula is C22H16IN3. The zero-order valence-corrected chi connectivity index (χ0v) is 16.7. The molecule has 0 N–H and O–H groups in total. The van der Waals surface area contributed by atoms with Crippen molar-refractivity contribution >= 4 is 34.2 Å². The monoisotopic (exact) mass is 449 g/mol. The summed E-state index contributed by atoms with van der Waals surface area (Å²) in [6, 6.07) is 21.8. The number of nitriles is 2. The summed E-state index contributed by atoms with van der Waals surface area (Å²) >= 11 is 2.34. The lowest BCUT2D eigenvalue weighted by atomic mass is 10.0. The number of halogens is 1. The molecule has 0 aliphatic rings. The van der Waals surface area contributed by atoms with Crippen molar-refractivity contribution in [1.29, 1.82) is 10.5 Å². The quantitative estimate of drug-likeness (QED) is 0.384. The minimum Gasteiger partial charge on any atom is -0.317 e. The minimum atomic E-state index is 0.546. The standard InChI is InChI=1S/C22H16IN3/c1-15-10-19(16(2)26(15)22-9-4-3-8-21(22)23)12-20(14-25)18-7-5-6-17(11-18)13-24/h3-12H,1-2H3/b20-12-. The van der Waals surface area contributed by atoms with Gasteiger partial charge in [-0.15, -0.1) is 0 Å². The predicted molar refractivity (Wildman–Crippen MR) is 113 cm³/mol. The summed E-state index contributed by atoms with van der Waals surface area (Å²) in [5.74, 6) is 0. The highest BCUT2D eigenvalue weighted by Crippen LogP contribution is 2.27. The van der Waals surface area contributed by atoms with Crippen molar-refractivity contribution in [2.45, 2.75) is 13.8 Å². The fourth-order valence-corrected chi connectivity index (χ4v) is 3.66. The van der Waals surface area contributed by atoms with Gasteiger partial charge in [0.15, 0.2) is 0 Å². The van der Waals surface area contributed by atoms with Crippen molar-refractivity contribution in [3.63, 3.8) is 0 Å². The third kappa shape index (κ3) is 3.42. The lowest BCUT2D eigenvalue weighted by Crippen LogP contribution is -2.01. The van der Waals surface area contributed by atoms with Crippen molar-refractivity contribution in [1.82, 2.24) is 4.57 Å². The van der Waals surface area contributed by atoms with Crippen LogP contribution >= 0.6 is 22.6 Å². The van der Waals surface area contributed by atoms with Crippen LogP contribution in [0.25, 0.3) is 17.3 Å². The van der Waals surface area contributed by atoms with Crippen LogP contribution in [0.5, 0.6) is 0 Å². The Bertz CT molecular complexity index is 1090. The molecule has 0 saturated carbocycles. The molecule has 26 heavy (non-hydrogen) atoms. The largest absolute Gasteiger partial charge is 0.317 e. The van der Waals surface area contributed by atoms with Crippen LogP contribution in [-0.4, -0.2) is 4.57 Å². The van der Waals surface area contributed by atoms with E-state index >= 15 is 0 Å². The molecule has 3 aromatic rings. The first-order valence-corrected chi connectivity index (χ1v) is 9.19. The van der Waals surface area contributed by atoms with E-state index in [-0.39, 0.29) is 0 Å². The number of hydrogen-bond acceptors (Lipinski definition) is 2. The molecule has 3 nitrogen and oxygen atoms in total. The van der Waals surface area contributed by atoms with Gasteiger partial charge in [0.25, 0.3) is 0 Å². The Labute approximate surface area is 167 Å². The number of benzene rings is 2. The van der Waals surface area contributed by atoms with E-state index in [9.17, 15) is 5.26 Å². The van der Waals surface area contributed by atoms with Crippen LogP contribution in [0.4, 0.5) is 0 Å². The number of aryl methyl sites for hydroxylation is 1. The highest BCUT2D eigenvalue weighted by atomic mass is 127. The lowest BCUT2D eigenvalue weighted by Gasteiger charge is -2.11. The number of nitrogens with zero attached hydrogens (tertiary/aromatic N) is 3. The van der Waals surface area contributed by atoms with Gasteiger partial charge in [-0.2, -0.15) is 10.5 Å². The summed E-state index contributed by atoms with van der Waals surface area (Å²) in [6.45, 7) is 4.12. The van der Waals surface area contributed by atoms with Gasteiger partial charge in [0.1, 0.15) is 0 Å². The van der Waals surface area contributed by atoms with E-state index in [0.717, 1.165) is 28.2 Å². The molecule has 0 aliphatic carbocycles. The lowest BCUT2D eigenvalue weighted by molar-refractivity contribution is 0.958. The Morgan fingerprint density at radius 1 is 1.04 bits per heavy atom. The summed E-state index contributed by atoms with van der Waals surface area (Å²) in [6.07, 6.45) is 1.89. The zero-order valence-electron chi connectivity index (χ0n) is 14.5. The summed E-state index contributed by atoms with van der Waals surface area (Å²) in [7, 11) is 0. The molecule has 0 atom stereocenters. The van der Waals surface area contributed by atoms with Gasteiger partial charge in [0.2, 0.25) is 0 Å². The minimum absolute atomic E-state index is 0.546. The molecule has 1 aromatic heterocycles. The van der Waals surface area contributed by atoms with Crippen LogP contribution in [0.15, 0.2) is 54.6 Å². The van der Waals surface area contributed by atoms with E-state index in [4.69, 9.17) is 5.26 Å². The molecular weight excluding hydrogens is 433 g/mol. The van der Waals surface area contributed by atoms with Gasteiger partial charge in [0, 0.05) is 15.0 Å². The first kappa shape index (κ1) is 18.0. The van der Waals surface area contributed by atoms with Crippen molar-refractivity contribution in [2.75, 3.05) is 0 Å². The SMILES string of the molecule is Cc1cc(/C=C(/C#N)c2cccc(C#N)c2)c(C)n1-c1ccccc1I. The fourth-order valence-electron chi connectivity index (χ4n) is 3.03. The van der Waals surface area contributed by atoms with Crippen molar-refractivity contribution in [3.05, 3.63) is 86.2 Å². The summed E-state index contributed by atoms with van der Waals surface area (Å²) in [5.41, 5.74) is 6.18. The molecule has 1 heterocycles. The van der Waals surface area contributed by atoms with Crippen LogP contribution in [0.2, 0.25) is 0 Å². The maximum Gasteiger partial charge on any atom is 0.0998 e. The second kappa shape index (κ2) is 7.59. The molecule has 0 saturated heterocycles. The maximum atomic E-state index is 9.62. The molecule has 126 valence electrons. The summed E-state index contributed by atoms with van der Waals surface area (Å²) in [5, 5.41) is 18.7. The molecule has 0 amide bonds. The van der Waals surface area contributed by atoms with E-state index in [2.05, 4.69) is 71.3 Å². The third-order valence-electron chi connectivity index (χ3n) is 4.29. The number of rotatable bonds is 3. The fraction of sp³-hybridized carbons (Fsp3) is 0.0909. The van der Waals surface area contributed by atoms with Gasteiger partial charge in [-0.05, 0) is 84.0 Å². The van der Waals surface area contributed by atoms with E-state index in [0.29, 0.717) is 11.1 Å². The number of aromatic nitrogens is 1. The molecule has 0 aliphatic heterocycles. The van der Waals surface area contributed by atoms with E-state index < -0.39 is 0 Å². The van der Waals surface area contributed by atoms with Gasteiger partial charge < -0.3 is 4.57 Å². The summed E-state index contributed by atoms with van der Waals surface area (Å²) in [4.78, 5) is 0. The average Bonchev–Trinajstić information content (AvgIpc) is 2.93. The van der Waals surface area contributed by atoms with Gasteiger partial charge in [-0.3, -0.25) is 0 Å². The topological polar surface area (TPSA) is 52.5 Å². The highest BCUT2D eigenvalue weighted by molar-refractivity contribution is 14.1. The molecule has 3 rings (SSSR count). The van der Waals surface area contributed by atoms with E-state index in [1.807, 2.05) is 24.3 Å². The van der Waals surface area contributed by atoms with Crippen molar-refractivity contribution in [2.24, 2.45) is 0 Å². The second-order valence-electron chi connectivity index (χ2n) is 5.98. The highest BCUT2D eigenvalue weighted by Gasteiger charge is 2.12. The molecule has 0 unspecified atom stereocenters. The van der Waals surface area contributed by atoms with Crippen molar-refractivity contribution in [3.8, 4) is 17.8 Å². The van der Waals surface area contributed by atoms with Gasteiger partial charge in [-0.1, -0.05) is 24.3 Å². The molecule has 0 bridgehead atoms. The Morgan fingerprint density at radius 3 is 2.50 bits per heavy atom. The molecule has 2 aromatic carbocycles. The molecule has 0 fully saturated rings. The first-order chi connectivity index (χ1) is 12.5. The van der Waals surface area contributed by atoms with Crippen LogP contribution in [-0.2, 0) is 0 Å². The average molecular weight is 449 g/mol. The smallest absolute Gasteiger partial charge is 0.0998 e. The molecule has 0 radical (unpaired) electrons. The number of hydrogen-bond donors (Lipinski definition) is 0. The number of allylic oxidation sites excluding steroid dienone is 1. The molecule has 4 heteroatoms. The second-order valence-corrected chi connectivity index (χ2v) is 7.14. The van der Waals surface area contributed by atoms with Crippen molar-refractivity contribution < 1.29 is 0 Å². The van der Waals surface area contributed by atoms with Crippen LogP contribution in [0.3, 0.4) is 0 Å². The van der Waals surface area contributed by atoms with Crippen LogP contribution < -0.4 is 0 Å². The maximum absolute atomic E-state index is 9.62. The van der Waals surface area contributed by atoms with E-state index in [1.165, 1.54) is 3.57 Å². The predicted octanol–water partition coefficient (Wildman–Crippen LogP) is 5.63. The van der Waals surface area contributed by atoms with Crippen LogP contribution in [0, 0.1) is 40.1 Å². The Morgan fingerprint density at radius 2 is 1.81 bits per heavy atom. The Hall–Kier alpha value is -2.83. The van der Waals surface area contributed by atoms with Gasteiger partial charge >= 0.3 is 0 Å². The van der Waals surface area contributed by atoms with Gasteiger partial charge in [0.05, 0.1) is 29.0 Å². The Kier molecular flexibility index (Phi) is 5.25. The Balaban J connectivity index is 2.12. The van der Waals surface area contributed by atoms with E-state index in [1.54, 1.807) is 18.2 Å². The van der Waals surface area contributed by atoms with Crippen LogP contribution in [0.1, 0.15) is 28.1 Å². The number of para-hydroxylation sites is 1. The van der Waals surface area contributed by atoms with Gasteiger partial charge in [-0.25, -0.2) is 0 Å². The zero-order chi connectivity index (χ0) is 18.7. The first-order valence-electron chi connectivity index (χ1n) is 8.11. The normalized spacial score (nSPS) is 11.0.